The summed E-state index contributed by atoms with van der Waals surface area (Å²) in [5.41, 5.74) is 3.51. The number of fused-ring (bicyclic) bond motifs is 1. The van der Waals surface area contributed by atoms with Gasteiger partial charge in [-0.15, -0.1) is 0 Å². The molecule has 140 valence electrons. The molecule has 2 atom stereocenters. The predicted molar refractivity (Wildman–Crippen MR) is 110 cm³/mol. The molecule has 1 heterocycles. The van der Waals surface area contributed by atoms with Crippen LogP contribution >= 0.6 is 0 Å². The van der Waals surface area contributed by atoms with Crippen molar-refractivity contribution in [3.05, 3.63) is 119 Å². The second-order valence-corrected chi connectivity index (χ2v) is 7.31. The van der Waals surface area contributed by atoms with Crippen LogP contribution in [0, 0.1) is 5.92 Å². The van der Waals surface area contributed by atoms with E-state index in [1.807, 2.05) is 66.7 Å². The maximum atomic E-state index is 12.9. The number of benzene rings is 3. The number of hydrogen-bond donors (Lipinski definition) is 0. The van der Waals surface area contributed by atoms with E-state index < -0.39 is 5.92 Å². The van der Waals surface area contributed by atoms with Crippen molar-refractivity contribution >= 4 is 11.6 Å². The van der Waals surface area contributed by atoms with Gasteiger partial charge in [0.15, 0.2) is 11.6 Å². The van der Waals surface area contributed by atoms with E-state index in [1.54, 1.807) is 24.3 Å². The van der Waals surface area contributed by atoms with Crippen molar-refractivity contribution in [2.75, 3.05) is 0 Å². The van der Waals surface area contributed by atoms with Gasteiger partial charge >= 0.3 is 0 Å². The van der Waals surface area contributed by atoms with Crippen LogP contribution in [0.1, 0.15) is 43.8 Å². The van der Waals surface area contributed by atoms with Gasteiger partial charge in [-0.25, -0.2) is 0 Å². The van der Waals surface area contributed by atoms with Crippen molar-refractivity contribution in [3.63, 3.8) is 0 Å². The Morgan fingerprint density at radius 3 is 1.72 bits per heavy atom. The number of nitrogens with zero attached hydrogens (tertiary/aromatic N) is 2. The SMILES string of the molecule is O=C1c2ccccc2C(=O)C1C1=C[C@H](c2ccccc2)[C@@H](c2ccccc2)N=N1. The molecule has 3 aromatic rings. The highest BCUT2D eigenvalue weighted by Gasteiger charge is 2.42. The number of hydrogen-bond acceptors (Lipinski definition) is 4. The molecule has 0 N–H and O–H groups in total. The van der Waals surface area contributed by atoms with Gasteiger partial charge in [-0.2, -0.15) is 10.2 Å². The Hall–Kier alpha value is -3.66. The molecule has 4 heteroatoms. The van der Waals surface area contributed by atoms with E-state index in [0.717, 1.165) is 11.1 Å². The normalized spacial score (nSPS) is 21.2. The lowest BCUT2D eigenvalue weighted by Crippen LogP contribution is -2.20. The summed E-state index contributed by atoms with van der Waals surface area (Å²) in [6, 6.07) is 26.8. The molecule has 3 aromatic carbocycles. The van der Waals surface area contributed by atoms with Crippen LogP contribution in [-0.4, -0.2) is 11.6 Å². The molecule has 0 aromatic heterocycles. The zero-order valence-corrected chi connectivity index (χ0v) is 15.6. The fourth-order valence-electron chi connectivity index (χ4n) is 4.15. The molecule has 0 unspecified atom stereocenters. The number of carbonyl (C=O) groups is 2. The van der Waals surface area contributed by atoms with E-state index in [1.165, 1.54) is 0 Å². The molecular weight excluding hydrogens is 360 g/mol. The van der Waals surface area contributed by atoms with Crippen molar-refractivity contribution in [1.29, 1.82) is 0 Å². The van der Waals surface area contributed by atoms with E-state index in [9.17, 15) is 9.59 Å². The molecule has 2 aliphatic rings. The maximum absolute atomic E-state index is 12.9. The summed E-state index contributed by atoms with van der Waals surface area (Å²) in [6.07, 6.45) is 1.95. The number of rotatable bonds is 3. The van der Waals surface area contributed by atoms with Crippen LogP contribution in [0.5, 0.6) is 0 Å². The molecule has 0 amide bonds. The highest BCUT2D eigenvalue weighted by Crippen LogP contribution is 2.43. The first-order valence-electron chi connectivity index (χ1n) is 9.64. The molecule has 0 saturated carbocycles. The minimum absolute atomic E-state index is 0.101. The summed E-state index contributed by atoms with van der Waals surface area (Å²) in [4.78, 5) is 25.9. The highest BCUT2D eigenvalue weighted by molar-refractivity contribution is 6.28. The smallest absolute Gasteiger partial charge is 0.180 e. The fourth-order valence-corrected chi connectivity index (χ4v) is 4.15. The third-order valence-corrected chi connectivity index (χ3v) is 5.59. The molecule has 0 spiro atoms. The molecule has 0 radical (unpaired) electrons. The molecule has 29 heavy (non-hydrogen) atoms. The van der Waals surface area contributed by atoms with Gasteiger partial charge in [0, 0.05) is 17.0 Å². The first-order chi connectivity index (χ1) is 14.2. The van der Waals surface area contributed by atoms with E-state index >= 15 is 0 Å². The molecule has 1 aliphatic heterocycles. The van der Waals surface area contributed by atoms with Crippen molar-refractivity contribution < 1.29 is 9.59 Å². The lowest BCUT2D eigenvalue weighted by atomic mass is 9.84. The maximum Gasteiger partial charge on any atom is 0.180 e. The van der Waals surface area contributed by atoms with E-state index in [0.29, 0.717) is 16.8 Å². The van der Waals surface area contributed by atoms with Crippen LogP contribution in [0.4, 0.5) is 0 Å². The van der Waals surface area contributed by atoms with Gasteiger partial charge in [0.1, 0.15) is 12.0 Å². The highest BCUT2D eigenvalue weighted by atomic mass is 16.2. The second-order valence-electron chi connectivity index (χ2n) is 7.31. The lowest BCUT2D eigenvalue weighted by molar-refractivity contribution is 0.0861. The van der Waals surface area contributed by atoms with E-state index in [4.69, 9.17) is 0 Å². The monoisotopic (exact) mass is 378 g/mol. The summed E-state index contributed by atoms with van der Waals surface area (Å²) in [6.45, 7) is 0. The topological polar surface area (TPSA) is 58.9 Å². The number of ketones is 2. The number of Topliss-reactive ketones (excluding diaryl/α,β-unsaturated/α-hetero) is 2. The van der Waals surface area contributed by atoms with Gasteiger partial charge in [0.2, 0.25) is 0 Å². The standard InChI is InChI=1S/C25H18N2O2/c28-24-18-13-7-8-14-19(18)25(29)22(24)21-15-20(16-9-3-1-4-10-16)23(27-26-21)17-11-5-2-6-12-17/h1-15,20,22-23H/t20-,23-/m1/s1. The molecule has 0 fully saturated rings. The average molecular weight is 378 g/mol. The Balaban J connectivity index is 1.57. The van der Waals surface area contributed by atoms with Gasteiger partial charge < -0.3 is 0 Å². The minimum atomic E-state index is -0.904. The Morgan fingerprint density at radius 2 is 1.14 bits per heavy atom. The Labute approximate surface area is 168 Å². The zero-order chi connectivity index (χ0) is 19.8. The van der Waals surface area contributed by atoms with Gasteiger partial charge in [-0.3, -0.25) is 9.59 Å². The molecule has 4 nitrogen and oxygen atoms in total. The average Bonchev–Trinajstić information content (AvgIpc) is 3.05. The number of allylic oxidation sites excluding steroid dienone is 1. The second kappa shape index (κ2) is 7.06. The van der Waals surface area contributed by atoms with Crippen molar-refractivity contribution in [3.8, 4) is 0 Å². The predicted octanol–water partition coefficient (Wildman–Crippen LogP) is 5.56. The first kappa shape index (κ1) is 17.4. The van der Waals surface area contributed by atoms with Crippen LogP contribution in [0.25, 0.3) is 0 Å². The molecular formula is C25H18N2O2. The summed E-state index contributed by atoms with van der Waals surface area (Å²) >= 11 is 0. The third-order valence-electron chi connectivity index (χ3n) is 5.59. The van der Waals surface area contributed by atoms with Crippen LogP contribution in [0.2, 0.25) is 0 Å². The summed E-state index contributed by atoms with van der Waals surface area (Å²) in [5, 5.41) is 8.94. The van der Waals surface area contributed by atoms with Crippen molar-refractivity contribution in [2.45, 2.75) is 12.0 Å². The summed E-state index contributed by atoms with van der Waals surface area (Å²) in [5.74, 6) is -1.39. The first-order valence-corrected chi connectivity index (χ1v) is 9.64. The molecule has 1 aliphatic carbocycles. The molecule has 0 saturated heterocycles. The van der Waals surface area contributed by atoms with Crippen LogP contribution in [0.3, 0.4) is 0 Å². The molecule has 0 bridgehead atoms. The largest absolute Gasteiger partial charge is 0.293 e. The van der Waals surface area contributed by atoms with Gasteiger partial charge in [-0.1, -0.05) is 84.9 Å². The van der Waals surface area contributed by atoms with Crippen LogP contribution in [-0.2, 0) is 0 Å². The lowest BCUT2D eigenvalue weighted by Gasteiger charge is -2.26. The zero-order valence-electron chi connectivity index (χ0n) is 15.6. The minimum Gasteiger partial charge on any atom is -0.293 e. The van der Waals surface area contributed by atoms with Crippen LogP contribution < -0.4 is 0 Å². The Kier molecular flexibility index (Phi) is 4.24. The van der Waals surface area contributed by atoms with Gasteiger partial charge in [-0.05, 0) is 17.2 Å². The quantitative estimate of drug-likeness (QED) is 0.561. The van der Waals surface area contributed by atoms with Gasteiger partial charge in [0.05, 0.1) is 5.70 Å². The summed E-state index contributed by atoms with van der Waals surface area (Å²) in [7, 11) is 0. The molecule has 5 rings (SSSR count). The third kappa shape index (κ3) is 2.93. The Morgan fingerprint density at radius 1 is 0.621 bits per heavy atom. The van der Waals surface area contributed by atoms with E-state index in [2.05, 4.69) is 10.2 Å². The van der Waals surface area contributed by atoms with Crippen LogP contribution in [0.15, 0.2) is 107 Å². The van der Waals surface area contributed by atoms with E-state index in [-0.39, 0.29) is 23.5 Å². The van der Waals surface area contributed by atoms with Crippen molar-refractivity contribution in [1.82, 2.24) is 0 Å². The summed E-state index contributed by atoms with van der Waals surface area (Å²) < 4.78 is 0. The van der Waals surface area contributed by atoms with Gasteiger partial charge in [0.25, 0.3) is 0 Å². The number of carbonyl (C=O) groups excluding carboxylic acids is 2. The Bertz CT molecular complexity index is 1110. The fraction of sp³-hybridized carbons (Fsp3) is 0.120. The van der Waals surface area contributed by atoms with Crippen molar-refractivity contribution in [2.24, 2.45) is 16.1 Å². The number of azo groups is 1.